The van der Waals surface area contributed by atoms with Crippen LogP contribution in [-0.2, 0) is 17.8 Å². The summed E-state index contributed by atoms with van der Waals surface area (Å²) < 4.78 is 7.93. The zero-order chi connectivity index (χ0) is 23.4. The number of nitrogens with two attached hydrogens (primary N) is 1. The number of nitrogens with zero attached hydrogens (tertiary/aromatic N) is 2. The first-order chi connectivity index (χ1) is 15.9. The molecule has 33 heavy (non-hydrogen) atoms. The Morgan fingerprint density at radius 3 is 2.42 bits per heavy atom. The summed E-state index contributed by atoms with van der Waals surface area (Å²) in [4.78, 5) is 17.5. The highest BCUT2D eigenvalue weighted by atomic mass is 79.9. The van der Waals surface area contributed by atoms with Crippen molar-refractivity contribution in [1.29, 1.82) is 0 Å². The fraction of sp³-hybridized carbons (Fsp3) is 0.154. The van der Waals surface area contributed by atoms with E-state index in [1.165, 1.54) is 0 Å². The lowest BCUT2D eigenvalue weighted by Gasteiger charge is -2.13. The van der Waals surface area contributed by atoms with Gasteiger partial charge in [-0.25, -0.2) is 4.98 Å². The summed E-state index contributed by atoms with van der Waals surface area (Å²) >= 11 is 3.64. The number of aryl methyl sites for hydroxylation is 1. The fourth-order valence-corrected chi connectivity index (χ4v) is 4.15. The number of imidazole rings is 1. The van der Waals surface area contributed by atoms with Crippen LogP contribution in [0, 0.1) is 6.92 Å². The summed E-state index contributed by atoms with van der Waals surface area (Å²) in [5, 5.41) is 2.94. The van der Waals surface area contributed by atoms with Crippen molar-refractivity contribution in [2.24, 2.45) is 0 Å². The number of ether oxygens (including phenoxy) is 1. The molecule has 0 saturated carbocycles. The molecular formula is C26H25BrN4O2. The molecule has 0 saturated heterocycles. The normalized spacial score (nSPS) is 10.8. The van der Waals surface area contributed by atoms with Gasteiger partial charge in [0.25, 0.3) is 0 Å². The molecule has 0 unspecified atom stereocenters. The van der Waals surface area contributed by atoms with Crippen molar-refractivity contribution in [1.82, 2.24) is 9.55 Å². The van der Waals surface area contributed by atoms with Crippen LogP contribution in [-0.4, -0.2) is 22.6 Å². The van der Waals surface area contributed by atoms with Crippen LogP contribution in [0.5, 0.6) is 5.75 Å². The number of carbonyl (C=O) groups is 1. The number of anilines is 2. The molecule has 4 rings (SSSR count). The molecule has 0 aliphatic rings. The fourth-order valence-electron chi connectivity index (χ4n) is 3.68. The number of rotatable bonds is 7. The molecule has 0 spiro atoms. The summed E-state index contributed by atoms with van der Waals surface area (Å²) in [5.74, 6) is 0.915. The molecule has 168 valence electrons. The van der Waals surface area contributed by atoms with Gasteiger partial charge in [0.05, 0.1) is 18.5 Å². The number of methoxy groups -OCH3 is 1. The lowest BCUT2D eigenvalue weighted by atomic mass is 10.0. The third-order valence-corrected chi connectivity index (χ3v) is 6.06. The van der Waals surface area contributed by atoms with Crippen LogP contribution >= 0.6 is 15.9 Å². The van der Waals surface area contributed by atoms with E-state index in [1.807, 2.05) is 79.7 Å². The van der Waals surface area contributed by atoms with Gasteiger partial charge in [-0.3, -0.25) is 4.79 Å². The highest BCUT2D eigenvalue weighted by molar-refractivity contribution is 9.10. The van der Waals surface area contributed by atoms with Crippen molar-refractivity contribution in [2.45, 2.75) is 19.9 Å². The molecule has 3 N–H and O–H groups in total. The summed E-state index contributed by atoms with van der Waals surface area (Å²) in [6.45, 7) is 2.05. The second-order valence-corrected chi connectivity index (χ2v) is 8.62. The number of halogens is 1. The van der Waals surface area contributed by atoms with Crippen LogP contribution < -0.4 is 15.8 Å². The van der Waals surface area contributed by atoms with Gasteiger partial charge >= 0.3 is 0 Å². The van der Waals surface area contributed by atoms with Gasteiger partial charge < -0.3 is 20.4 Å². The Hall–Kier alpha value is -3.58. The predicted molar refractivity (Wildman–Crippen MR) is 135 cm³/mol. The maximum atomic E-state index is 12.9. The highest BCUT2D eigenvalue weighted by Gasteiger charge is 2.21. The Morgan fingerprint density at radius 1 is 1.06 bits per heavy atom. The summed E-state index contributed by atoms with van der Waals surface area (Å²) in [6.07, 6.45) is 0.567. The molecule has 0 aliphatic heterocycles. The van der Waals surface area contributed by atoms with Gasteiger partial charge in [-0.1, -0.05) is 64.0 Å². The molecule has 4 aromatic rings. The van der Waals surface area contributed by atoms with Gasteiger partial charge in [0.1, 0.15) is 12.3 Å². The molecule has 0 radical (unpaired) electrons. The Bertz CT molecular complexity index is 1260. The van der Waals surface area contributed by atoms with Gasteiger partial charge in [0.15, 0.2) is 0 Å². The molecule has 1 amide bonds. The van der Waals surface area contributed by atoms with Crippen molar-refractivity contribution < 1.29 is 9.53 Å². The molecule has 1 heterocycles. The highest BCUT2D eigenvalue weighted by Crippen LogP contribution is 2.33. The minimum atomic E-state index is -0.174. The number of carbonyl (C=O) groups excluding carboxylic acids is 1. The van der Waals surface area contributed by atoms with E-state index < -0.39 is 0 Å². The number of amides is 1. The van der Waals surface area contributed by atoms with Crippen LogP contribution in [0.4, 0.5) is 11.6 Å². The second-order valence-electron chi connectivity index (χ2n) is 7.77. The molecule has 1 aromatic heterocycles. The first kappa shape index (κ1) is 22.6. The van der Waals surface area contributed by atoms with Gasteiger partial charge in [-0.05, 0) is 42.8 Å². The van der Waals surface area contributed by atoms with Crippen molar-refractivity contribution in [2.75, 3.05) is 18.2 Å². The third-order valence-electron chi connectivity index (χ3n) is 5.37. The van der Waals surface area contributed by atoms with Gasteiger partial charge in [0, 0.05) is 22.1 Å². The van der Waals surface area contributed by atoms with E-state index in [-0.39, 0.29) is 12.5 Å². The number of hydrogen-bond acceptors (Lipinski definition) is 4. The first-order valence-electron chi connectivity index (χ1n) is 10.5. The second kappa shape index (κ2) is 9.92. The Balaban J connectivity index is 1.69. The van der Waals surface area contributed by atoms with Crippen LogP contribution in [0.25, 0.3) is 11.3 Å². The van der Waals surface area contributed by atoms with E-state index in [1.54, 1.807) is 11.7 Å². The van der Waals surface area contributed by atoms with Crippen LogP contribution in [0.2, 0.25) is 0 Å². The van der Waals surface area contributed by atoms with E-state index in [9.17, 15) is 4.79 Å². The average molecular weight is 505 g/mol. The zero-order valence-electron chi connectivity index (χ0n) is 18.5. The van der Waals surface area contributed by atoms with Crippen LogP contribution in [0.15, 0.2) is 77.3 Å². The van der Waals surface area contributed by atoms with Crippen LogP contribution in [0.1, 0.15) is 16.8 Å². The molecular weight excluding hydrogens is 480 g/mol. The number of hydrogen-bond donors (Lipinski definition) is 2. The Morgan fingerprint density at radius 2 is 1.76 bits per heavy atom. The largest absolute Gasteiger partial charge is 0.497 e. The van der Waals surface area contributed by atoms with Crippen LogP contribution in [0.3, 0.4) is 0 Å². The summed E-state index contributed by atoms with van der Waals surface area (Å²) in [7, 11) is 1.64. The van der Waals surface area contributed by atoms with E-state index in [2.05, 4.69) is 26.2 Å². The lowest BCUT2D eigenvalue weighted by Crippen LogP contribution is -2.20. The third kappa shape index (κ3) is 5.26. The molecule has 0 fully saturated rings. The topological polar surface area (TPSA) is 82.2 Å². The standard InChI is InChI=1S/C26H25BrN4O2/c1-17-7-11-19(12-8-17)29-24(32)16-31-25(21-5-3-4-6-22(21)27)23(30-26(31)28)15-18-9-13-20(33-2)14-10-18/h3-14H,15-16H2,1-2H3,(H2,28,30)(H,29,32). The summed E-state index contributed by atoms with van der Waals surface area (Å²) in [6, 6.07) is 23.4. The van der Waals surface area contributed by atoms with E-state index >= 15 is 0 Å². The number of nitrogen functional groups attached to an aromatic ring is 1. The van der Waals surface area contributed by atoms with E-state index in [4.69, 9.17) is 10.5 Å². The smallest absolute Gasteiger partial charge is 0.244 e. The molecule has 0 atom stereocenters. The molecule has 0 aliphatic carbocycles. The number of benzene rings is 3. The minimum absolute atomic E-state index is 0.0476. The lowest BCUT2D eigenvalue weighted by molar-refractivity contribution is -0.116. The number of aromatic nitrogens is 2. The summed E-state index contributed by atoms with van der Waals surface area (Å²) in [5.41, 5.74) is 11.8. The Kier molecular flexibility index (Phi) is 6.79. The van der Waals surface area contributed by atoms with Crippen molar-refractivity contribution in [3.8, 4) is 17.0 Å². The maximum absolute atomic E-state index is 12.9. The van der Waals surface area contributed by atoms with E-state index in [0.29, 0.717) is 12.4 Å². The van der Waals surface area contributed by atoms with Gasteiger partial charge in [-0.2, -0.15) is 0 Å². The predicted octanol–water partition coefficient (Wildman–Crippen LogP) is 5.44. The SMILES string of the molecule is COc1ccc(Cc2nc(N)n(CC(=O)Nc3ccc(C)cc3)c2-c2ccccc2Br)cc1. The quantitative estimate of drug-likeness (QED) is 0.351. The van der Waals surface area contributed by atoms with Crippen molar-refractivity contribution in [3.63, 3.8) is 0 Å². The first-order valence-corrected chi connectivity index (χ1v) is 11.3. The van der Waals surface area contributed by atoms with E-state index in [0.717, 1.165) is 44.0 Å². The average Bonchev–Trinajstić information content (AvgIpc) is 3.10. The van der Waals surface area contributed by atoms with Gasteiger partial charge in [0.2, 0.25) is 11.9 Å². The zero-order valence-corrected chi connectivity index (χ0v) is 20.1. The van der Waals surface area contributed by atoms with Gasteiger partial charge in [-0.15, -0.1) is 0 Å². The molecule has 3 aromatic carbocycles. The minimum Gasteiger partial charge on any atom is -0.497 e. The monoisotopic (exact) mass is 504 g/mol. The maximum Gasteiger partial charge on any atom is 0.244 e. The van der Waals surface area contributed by atoms with Crippen molar-refractivity contribution in [3.05, 3.63) is 94.1 Å². The number of nitrogens with one attached hydrogen (secondary N) is 1. The Labute approximate surface area is 201 Å². The van der Waals surface area contributed by atoms with Crippen molar-refractivity contribution >= 4 is 33.5 Å². The molecule has 6 nitrogen and oxygen atoms in total. The molecule has 0 bridgehead atoms. The molecule has 7 heteroatoms.